The Morgan fingerprint density at radius 1 is 0.562 bits per heavy atom. The van der Waals surface area contributed by atoms with Crippen LogP contribution in [0.3, 0.4) is 0 Å². The third-order valence-corrected chi connectivity index (χ3v) is 11.3. The summed E-state index contributed by atoms with van der Waals surface area (Å²) in [7, 11) is 0. The van der Waals surface area contributed by atoms with E-state index in [4.69, 9.17) is 4.74 Å². The van der Waals surface area contributed by atoms with Crippen molar-refractivity contribution in [3.63, 3.8) is 0 Å². The number of hydrogen-bond acceptors (Lipinski definition) is 1. The molecule has 3 aliphatic heterocycles. The summed E-state index contributed by atoms with van der Waals surface area (Å²) in [5, 5.41) is 8.75. The molecule has 1 spiro atoms. The zero-order valence-electron chi connectivity index (χ0n) is 25.6. The Balaban J connectivity index is 1.32. The van der Waals surface area contributed by atoms with E-state index in [1.807, 2.05) is 0 Å². The lowest BCUT2D eigenvalue weighted by Gasteiger charge is -2.26. The Bertz CT molecular complexity index is 3150. The van der Waals surface area contributed by atoms with Gasteiger partial charge in [-0.1, -0.05) is 54.6 Å². The second-order valence-corrected chi connectivity index (χ2v) is 13.3. The van der Waals surface area contributed by atoms with Crippen LogP contribution < -0.4 is 13.9 Å². The largest absolute Gasteiger partial charge is 0.422 e. The monoisotopic (exact) mass is 612 g/mol. The fraction of sp³-hybridized carbons (Fsp3) is 0.0233. The van der Waals surface area contributed by atoms with E-state index in [0.29, 0.717) is 0 Å². The normalized spacial score (nSPS) is 16.6. The van der Waals surface area contributed by atoms with E-state index in [1.54, 1.807) is 0 Å². The van der Waals surface area contributed by atoms with E-state index in [0.717, 1.165) is 23.0 Å². The van der Waals surface area contributed by atoms with Crippen molar-refractivity contribution < 1.29 is 13.9 Å². The molecule has 3 aliphatic rings. The van der Waals surface area contributed by atoms with Crippen LogP contribution in [-0.2, 0) is 5.66 Å². The molecule has 5 aromatic carbocycles. The van der Waals surface area contributed by atoms with Gasteiger partial charge in [0.05, 0.1) is 22.0 Å². The minimum atomic E-state index is -0.632. The third kappa shape index (κ3) is 2.37. The van der Waals surface area contributed by atoms with E-state index in [9.17, 15) is 0 Å². The van der Waals surface area contributed by atoms with Crippen molar-refractivity contribution in [3.05, 3.63) is 157 Å². The van der Waals surface area contributed by atoms with Crippen molar-refractivity contribution >= 4 is 59.9 Å². The fourth-order valence-electron chi connectivity index (χ4n) is 9.64. The van der Waals surface area contributed by atoms with Gasteiger partial charge < -0.3 is 9.30 Å². The summed E-state index contributed by atoms with van der Waals surface area (Å²) in [4.78, 5) is 0. The molecule has 220 valence electrons. The maximum absolute atomic E-state index is 6.82. The molecule has 0 radical (unpaired) electrons. The highest BCUT2D eigenvalue weighted by Gasteiger charge is 2.70. The average molecular weight is 613 g/mol. The standard InChI is InChI=1S/C43H24N4O/c1-2-11-25(12-3-1)45-35-18-7-6-13-26(35)32-23-31-29-20-21-38-47-42(29)46-40(33(31)24-36(32)45)27-14-4-5-15-28(27)41(46)43(47)39-30(16-10-19-37(39)48-38)34-17-8-9-22-44(34)43/h1-24H/q+2. The first-order valence-electron chi connectivity index (χ1n) is 16.5. The van der Waals surface area contributed by atoms with E-state index >= 15 is 0 Å². The molecule has 13 rings (SSSR count). The van der Waals surface area contributed by atoms with Gasteiger partial charge in [0.15, 0.2) is 6.20 Å². The second kappa shape index (κ2) is 7.73. The van der Waals surface area contributed by atoms with Crippen LogP contribution in [0.4, 0.5) is 0 Å². The predicted octanol–water partition coefficient (Wildman–Crippen LogP) is 8.77. The highest BCUT2D eigenvalue weighted by atomic mass is 16.5. The topological polar surface area (TPSA) is 26.3 Å². The summed E-state index contributed by atoms with van der Waals surface area (Å²) in [5.41, 5.74) is 10.2. The lowest BCUT2D eigenvalue weighted by Crippen LogP contribution is -2.72. The van der Waals surface area contributed by atoms with Crippen LogP contribution in [-0.4, -0.2) is 8.97 Å². The van der Waals surface area contributed by atoms with Gasteiger partial charge in [-0.25, -0.2) is 0 Å². The zero-order valence-corrected chi connectivity index (χ0v) is 25.6. The van der Waals surface area contributed by atoms with Gasteiger partial charge in [-0.05, 0) is 66.7 Å². The van der Waals surface area contributed by atoms with Crippen LogP contribution in [0.2, 0.25) is 0 Å². The SMILES string of the molecule is c1ccc(-n2c3ccccc3c3cc4c(cc32)c2c3ccccc3c3n2c2c4ccc4[n+]2C32c3c(cccc3-c3cccc[n+]32)O4)cc1. The van der Waals surface area contributed by atoms with E-state index in [1.165, 1.54) is 76.8 Å². The van der Waals surface area contributed by atoms with Gasteiger partial charge in [-0.15, -0.1) is 9.13 Å². The van der Waals surface area contributed by atoms with Crippen molar-refractivity contribution in [2.24, 2.45) is 0 Å². The summed E-state index contributed by atoms with van der Waals surface area (Å²) >= 11 is 0. The molecule has 5 aromatic heterocycles. The lowest BCUT2D eigenvalue weighted by atomic mass is 9.90. The highest BCUT2D eigenvalue weighted by Crippen LogP contribution is 2.55. The van der Waals surface area contributed by atoms with Crippen molar-refractivity contribution in [2.45, 2.75) is 5.66 Å². The molecule has 0 fully saturated rings. The molecular weight excluding hydrogens is 589 g/mol. The molecule has 0 bridgehead atoms. The second-order valence-electron chi connectivity index (χ2n) is 13.3. The molecule has 0 saturated heterocycles. The molecule has 0 aliphatic carbocycles. The Labute approximate surface area is 273 Å². The minimum Gasteiger partial charge on any atom is -0.422 e. The summed E-state index contributed by atoms with van der Waals surface area (Å²) in [6.07, 6.45) is 2.25. The highest BCUT2D eigenvalue weighted by molar-refractivity contribution is 6.25. The van der Waals surface area contributed by atoms with Crippen LogP contribution >= 0.6 is 0 Å². The van der Waals surface area contributed by atoms with Gasteiger partial charge in [-0.2, -0.15) is 4.40 Å². The molecule has 1 atom stereocenters. The van der Waals surface area contributed by atoms with Crippen molar-refractivity contribution in [2.75, 3.05) is 0 Å². The van der Waals surface area contributed by atoms with Crippen LogP contribution in [0.25, 0.3) is 76.8 Å². The fourth-order valence-corrected chi connectivity index (χ4v) is 9.64. The number of nitrogens with zero attached hydrogens (tertiary/aromatic N) is 4. The number of aromatic nitrogens is 4. The van der Waals surface area contributed by atoms with E-state index < -0.39 is 5.66 Å². The first-order valence-corrected chi connectivity index (χ1v) is 16.5. The number of hydrogen-bond donors (Lipinski definition) is 0. The predicted molar refractivity (Wildman–Crippen MR) is 188 cm³/mol. The third-order valence-electron chi connectivity index (χ3n) is 11.3. The zero-order chi connectivity index (χ0) is 30.9. The first kappa shape index (κ1) is 23.8. The lowest BCUT2D eigenvalue weighted by molar-refractivity contribution is -0.952. The maximum Gasteiger partial charge on any atom is 0.407 e. The van der Waals surface area contributed by atoms with Gasteiger partial charge in [0, 0.05) is 56.2 Å². The number of ether oxygens (including phenoxy) is 1. The molecule has 0 saturated carbocycles. The van der Waals surface area contributed by atoms with Crippen molar-refractivity contribution in [1.82, 2.24) is 8.97 Å². The minimum absolute atomic E-state index is 0.632. The molecule has 0 N–H and O–H groups in total. The molecule has 5 heteroatoms. The number of benzene rings is 5. The van der Waals surface area contributed by atoms with Gasteiger partial charge in [0.1, 0.15) is 16.8 Å². The van der Waals surface area contributed by atoms with E-state index in [-0.39, 0.29) is 0 Å². The molecule has 0 amide bonds. The quantitative estimate of drug-likeness (QED) is 0.134. The van der Waals surface area contributed by atoms with Crippen LogP contribution in [0.1, 0.15) is 11.3 Å². The van der Waals surface area contributed by atoms with Crippen molar-refractivity contribution in [3.8, 4) is 28.6 Å². The van der Waals surface area contributed by atoms with Gasteiger partial charge >= 0.3 is 11.3 Å². The van der Waals surface area contributed by atoms with Crippen LogP contribution in [0.5, 0.6) is 11.6 Å². The summed E-state index contributed by atoms with van der Waals surface area (Å²) in [6.45, 7) is 0. The number of rotatable bonds is 1. The Morgan fingerprint density at radius 3 is 2.29 bits per heavy atom. The summed E-state index contributed by atoms with van der Waals surface area (Å²) in [5.74, 6) is 1.77. The van der Waals surface area contributed by atoms with E-state index in [2.05, 4.69) is 164 Å². The van der Waals surface area contributed by atoms with Crippen LogP contribution in [0, 0.1) is 0 Å². The molecule has 5 nitrogen and oxygen atoms in total. The number of fused-ring (bicyclic) bond motifs is 11. The molecule has 48 heavy (non-hydrogen) atoms. The molecule has 8 heterocycles. The Morgan fingerprint density at radius 2 is 1.38 bits per heavy atom. The molecular formula is C43H24N4O+2. The molecule has 10 aromatic rings. The summed E-state index contributed by atoms with van der Waals surface area (Å²) in [6, 6.07) is 51.0. The first-order chi connectivity index (χ1) is 23.8. The number of para-hydroxylation sites is 2. The summed E-state index contributed by atoms with van der Waals surface area (Å²) < 4.78 is 16.8. The maximum atomic E-state index is 6.82. The Hall–Kier alpha value is -6.46. The average Bonchev–Trinajstić information content (AvgIpc) is 3.85. The van der Waals surface area contributed by atoms with Gasteiger partial charge in [0.25, 0.3) is 5.88 Å². The van der Waals surface area contributed by atoms with Gasteiger partial charge in [-0.3, -0.25) is 0 Å². The van der Waals surface area contributed by atoms with Crippen molar-refractivity contribution in [1.29, 1.82) is 0 Å². The smallest absolute Gasteiger partial charge is 0.407 e. The number of pyridine rings is 3. The molecule has 1 unspecified atom stereocenters. The Kier molecular flexibility index (Phi) is 3.84. The van der Waals surface area contributed by atoms with Crippen LogP contribution in [0.15, 0.2) is 146 Å². The van der Waals surface area contributed by atoms with Gasteiger partial charge in [0.2, 0.25) is 11.4 Å².